The second kappa shape index (κ2) is 7.78. The number of aryl methyl sites for hydroxylation is 1. The van der Waals surface area contributed by atoms with E-state index < -0.39 is 0 Å². The van der Waals surface area contributed by atoms with Crippen LogP contribution in [0.2, 0.25) is 0 Å². The first kappa shape index (κ1) is 18.7. The molecule has 1 saturated carbocycles. The van der Waals surface area contributed by atoms with Crippen molar-refractivity contribution in [2.24, 2.45) is 5.92 Å². The maximum Gasteiger partial charge on any atom is 0.222 e. The third-order valence-corrected chi connectivity index (χ3v) is 6.04. The average molecular weight is 377 g/mol. The molecule has 2 aromatic rings. The highest BCUT2D eigenvalue weighted by Crippen LogP contribution is 2.41. The summed E-state index contributed by atoms with van der Waals surface area (Å²) in [6.07, 6.45) is 3.48. The van der Waals surface area contributed by atoms with E-state index in [2.05, 4.69) is 48.6 Å². The van der Waals surface area contributed by atoms with Gasteiger partial charge in [-0.2, -0.15) is 0 Å². The Hall–Kier alpha value is -2.62. The van der Waals surface area contributed by atoms with Crippen molar-refractivity contribution < 1.29 is 9.59 Å². The van der Waals surface area contributed by atoms with Crippen molar-refractivity contribution in [1.82, 2.24) is 10.2 Å². The van der Waals surface area contributed by atoms with E-state index in [0.29, 0.717) is 18.9 Å². The molecule has 2 aliphatic rings. The molecule has 2 atom stereocenters. The van der Waals surface area contributed by atoms with Crippen molar-refractivity contribution >= 4 is 11.8 Å². The van der Waals surface area contributed by atoms with E-state index >= 15 is 0 Å². The van der Waals surface area contributed by atoms with E-state index in [9.17, 15) is 9.59 Å². The molecule has 2 unspecified atom stereocenters. The van der Waals surface area contributed by atoms with Crippen LogP contribution in [0.3, 0.4) is 0 Å². The van der Waals surface area contributed by atoms with Crippen LogP contribution in [0.25, 0.3) is 0 Å². The lowest BCUT2D eigenvalue weighted by molar-refractivity contribution is -0.133. The predicted molar refractivity (Wildman–Crippen MR) is 110 cm³/mol. The minimum Gasteiger partial charge on any atom is -0.349 e. The van der Waals surface area contributed by atoms with Gasteiger partial charge < -0.3 is 10.2 Å². The monoisotopic (exact) mass is 376 g/mol. The molecule has 1 N–H and O–H groups in total. The highest BCUT2D eigenvalue weighted by Gasteiger charge is 2.35. The molecule has 4 rings (SSSR count). The summed E-state index contributed by atoms with van der Waals surface area (Å²) >= 11 is 0. The number of amides is 2. The lowest BCUT2D eigenvalue weighted by Crippen LogP contribution is -2.41. The molecule has 0 saturated heterocycles. The number of benzene rings is 2. The molecule has 1 aliphatic carbocycles. The molecule has 1 fully saturated rings. The molecule has 146 valence electrons. The molecule has 4 heteroatoms. The van der Waals surface area contributed by atoms with Crippen molar-refractivity contribution in [3.63, 3.8) is 0 Å². The summed E-state index contributed by atoms with van der Waals surface area (Å²) < 4.78 is 0. The number of carbonyl (C=O) groups is 2. The SMILES string of the molecule is CC(=O)N1CCc2ccccc2C1CC(=O)NC(c1ccc(C)cc1)C1CC1. The Morgan fingerprint density at radius 2 is 1.82 bits per heavy atom. The molecule has 0 radical (unpaired) electrons. The van der Waals surface area contributed by atoms with Crippen LogP contribution in [0.15, 0.2) is 48.5 Å². The van der Waals surface area contributed by atoms with Crippen LogP contribution in [0.5, 0.6) is 0 Å². The summed E-state index contributed by atoms with van der Waals surface area (Å²) in [5.41, 5.74) is 4.75. The van der Waals surface area contributed by atoms with Crippen molar-refractivity contribution in [2.75, 3.05) is 6.54 Å². The zero-order valence-electron chi connectivity index (χ0n) is 16.7. The first-order valence-electron chi connectivity index (χ1n) is 10.2. The van der Waals surface area contributed by atoms with Crippen LogP contribution in [0, 0.1) is 12.8 Å². The Morgan fingerprint density at radius 3 is 2.50 bits per heavy atom. The smallest absolute Gasteiger partial charge is 0.222 e. The molecule has 28 heavy (non-hydrogen) atoms. The second-order valence-electron chi connectivity index (χ2n) is 8.17. The van der Waals surface area contributed by atoms with Crippen molar-refractivity contribution in [3.8, 4) is 0 Å². The first-order chi connectivity index (χ1) is 13.5. The molecule has 0 aromatic heterocycles. The maximum atomic E-state index is 13.0. The standard InChI is InChI=1S/C24H28N2O2/c1-16-7-9-19(10-8-16)24(20-11-12-20)25-23(28)15-22-21-6-4-3-5-18(21)13-14-26(22)17(2)27/h3-10,20,22,24H,11-15H2,1-2H3,(H,25,28). The maximum absolute atomic E-state index is 13.0. The largest absolute Gasteiger partial charge is 0.349 e. The van der Waals surface area contributed by atoms with Crippen LogP contribution in [0.1, 0.15) is 60.5 Å². The van der Waals surface area contributed by atoms with Gasteiger partial charge >= 0.3 is 0 Å². The van der Waals surface area contributed by atoms with Gasteiger partial charge in [0.25, 0.3) is 0 Å². The Bertz CT molecular complexity index is 870. The number of rotatable bonds is 5. The third-order valence-electron chi connectivity index (χ3n) is 6.04. The topological polar surface area (TPSA) is 49.4 Å². The van der Waals surface area contributed by atoms with Crippen molar-refractivity contribution in [2.45, 2.75) is 51.6 Å². The molecule has 2 aromatic carbocycles. The van der Waals surface area contributed by atoms with E-state index in [0.717, 1.165) is 24.8 Å². The fraction of sp³-hybridized carbons (Fsp3) is 0.417. The summed E-state index contributed by atoms with van der Waals surface area (Å²) in [5.74, 6) is 0.573. The zero-order chi connectivity index (χ0) is 19.7. The van der Waals surface area contributed by atoms with Gasteiger partial charge in [0.1, 0.15) is 0 Å². The molecular weight excluding hydrogens is 348 g/mol. The second-order valence-corrected chi connectivity index (χ2v) is 8.17. The summed E-state index contributed by atoms with van der Waals surface area (Å²) in [6, 6.07) is 16.5. The lowest BCUT2D eigenvalue weighted by Gasteiger charge is -2.37. The molecule has 1 aliphatic heterocycles. The average Bonchev–Trinajstić information content (AvgIpc) is 3.52. The van der Waals surface area contributed by atoms with Crippen LogP contribution in [0.4, 0.5) is 0 Å². The number of fused-ring (bicyclic) bond motifs is 1. The van der Waals surface area contributed by atoms with E-state index in [1.807, 2.05) is 17.0 Å². The summed E-state index contributed by atoms with van der Waals surface area (Å²) in [4.78, 5) is 27.1. The van der Waals surface area contributed by atoms with Gasteiger partial charge in [0, 0.05) is 13.5 Å². The number of nitrogens with one attached hydrogen (secondary N) is 1. The van der Waals surface area contributed by atoms with Crippen molar-refractivity contribution in [1.29, 1.82) is 0 Å². The number of nitrogens with zero attached hydrogens (tertiary/aromatic N) is 1. The fourth-order valence-corrected chi connectivity index (χ4v) is 4.33. The lowest BCUT2D eigenvalue weighted by atomic mass is 9.90. The zero-order valence-corrected chi connectivity index (χ0v) is 16.7. The quantitative estimate of drug-likeness (QED) is 0.854. The van der Waals surface area contributed by atoms with Gasteiger partial charge in [0.05, 0.1) is 18.5 Å². The van der Waals surface area contributed by atoms with Crippen molar-refractivity contribution in [3.05, 3.63) is 70.8 Å². The molecule has 4 nitrogen and oxygen atoms in total. The van der Waals surface area contributed by atoms with E-state index in [-0.39, 0.29) is 23.9 Å². The Labute approximate surface area is 166 Å². The Balaban J connectivity index is 1.52. The summed E-state index contributed by atoms with van der Waals surface area (Å²) in [5, 5.41) is 3.28. The number of hydrogen-bond donors (Lipinski definition) is 1. The van der Waals surface area contributed by atoms with Gasteiger partial charge in [-0.1, -0.05) is 54.1 Å². The van der Waals surface area contributed by atoms with Gasteiger partial charge in [-0.05, 0) is 48.8 Å². The van der Waals surface area contributed by atoms with E-state index in [1.54, 1.807) is 6.92 Å². The fourth-order valence-electron chi connectivity index (χ4n) is 4.33. The van der Waals surface area contributed by atoms with Gasteiger partial charge in [0.15, 0.2) is 0 Å². The summed E-state index contributed by atoms with van der Waals surface area (Å²) in [6.45, 7) is 4.35. The van der Waals surface area contributed by atoms with Gasteiger partial charge in [0.2, 0.25) is 11.8 Å². The number of carbonyl (C=O) groups excluding carboxylic acids is 2. The van der Waals surface area contributed by atoms with E-state index in [4.69, 9.17) is 0 Å². The van der Waals surface area contributed by atoms with Gasteiger partial charge in [-0.15, -0.1) is 0 Å². The Morgan fingerprint density at radius 1 is 1.11 bits per heavy atom. The molecule has 0 bridgehead atoms. The van der Waals surface area contributed by atoms with Crippen LogP contribution >= 0.6 is 0 Å². The van der Waals surface area contributed by atoms with Crippen LogP contribution < -0.4 is 5.32 Å². The first-order valence-corrected chi connectivity index (χ1v) is 10.2. The molecule has 0 spiro atoms. The minimum atomic E-state index is -0.180. The van der Waals surface area contributed by atoms with Crippen LogP contribution in [-0.4, -0.2) is 23.3 Å². The van der Waals surface area contributed by atoms with Crippen LogP contribution in [-0.2, 0) is 16.0 Å². The predicted octanol–water partition coefficient (Wildman–Crippen LogP) is 4.10. The highest BCUT2D eigenvalue weighted by molar-refractivity contribution is 5.80. The molecular formula is C24H28N2O2. The minimum absolute atomic E-state index is 0.0189. The molecule has 1 heterocycles. The normalized spacial score (nSPS) is 19.6. The molecule has 2 amide bonds. The van der Waals surface area contributed by atoms with Gasteiger partial charge in [-0.25, -0.2) is 0 Å². The highest BCUT2D eigenvalue weighted by atomic mass is 16.2. The Kier molecular flexibility index (Phi) is 5.21. The number of hydrogen-bond acceptors (Lipinski definition) is 2. The van der Waals surface area contributed by atoms with Gasteiger partial charge in [-0.3, -0.25) is 9.59 Å². The van der Waals surface area contributed by atoms with E-state index in [1.165, 1.54) is 16.7 Å². The third kappa shape index (κ3) is 3.96. The summed E-state index contributed by atoms with van der Waals surface area (Å²) in [7, 11) is 0.